The minimum atomic E-state index is -1.02. The fourth-order valence-corrected chi connectivity index (χ4v) is 3.62. The lowest BCUT2D eigenvalue weighted by atomic mass is 10.1. The molecule has 1 aromatic carbocycles. The first kappa shape index (κ1) is 17.9. The van der Waals surface area contributed by atoms with Crippen molar-refractivity contribution in [3.63, 3.8) is 0 Å². The van der Waals surface area contributed by atoms with Gasteiger partial charge in [0.15, 0.2) is 0 Å². The lowest BCUT2D eigenvalue weighted by molar-refractivity contribution is -0.142. The number of carbonyl (C=O) groups excluding carboxylic acids is 2. The SMILES string of the molecule is O=C(O)C1CCCN1C(=O)c1ccc(C(=O)N2CCCC2C(=O)O)cc1. The summed E-state index contributed by atoms with van der Waals surface area (Å²) in [5, 5.41) is 18.4. The van der Waals surface area contributed by atoms with Crippen molar-refractivity contribution in [3.05, 3.63) is 35.4 Å². The summed E-state index contributed by atoms with van der Waals surface area (Å²) < 4.78 is 0. The molecular weight excluding hydrogens is 340 g/mol. The van der Waals surface area contributed by atoms with E-state index in [1.54, 1.807) is 0 Å². The van der Waals surface area contributed by atoms with Crippen molar-refractivity contribution in [2.24, 2.45) is 0 Å². The fraction of sp³-hybridized carbons (Fsp3) is 0.444. The van der Waals surface area contributed by atoms with E-state index in [1.165, 1.54) is 34.1 Å². The van der Waals surface area contributed by atoms with Gasteiger partial charge in [-0.15, -0.1) is 0 Å². The first-order valence-corrected chi connectivity index (χ1v) is 8.57. The summed E-state index contributed by atoms with van der Waals surface area (Å²) in [7, 11) is 0. The summed E-state index contributed by atoms with van der Waals surface area (Å²) in [6.07, 6.45) is 2.15. The van der Waals surface area contributed by atoms with E-state index in [9.17, 15) is 29.4 Å². The topological polar surface area (TPSA) is 115 Å². The number of hydrogen-bond donors (Lipinski definition) is 2. The number of nitrogens with zero attached hydrogens (tertiary/aromatic N) is 2. The molecular formula is C18H20N2O6. The molecule has 2 amide bonds. The van der Waals surface area contributed by atoms with Crippen LogP contribution in [0, 0.1) is 0 Å². The van der Waals surface area contributed by atoms with Gasteiger partial charge >= 0.3 is 11.9 Å². The van der Waals surface area contributed by atoms with Crippen molar-refractivity contribution < 1.29 is 29.4 Å². The van der Waals surface area contributed by atoms with E-state index in [4.69, 9.17) is 0 Å². The van der Waals surface area contributed by atoms with Crippen LogP contribution in [0.1, 0.15) is 46.4 Å². The van der Waals surface area contributed by atoms with Crippen LogP contribution in [-0.4, -0.2) is 68.9 Å². The molecule has 3 rings (SSSR count). The van der Waals surface area contributed by atoms with Crippen LogP contribution in [-0.2, 0) is 9.59 Å². The Morgan fingerprint density at radius 1 is 0.731 bits per heavy atom. The van der Waals surface area contributed by atoms with Crippen LogP contribution in [0.5, 0.6) is 0 Å². The Labute approximate surface area is 150 Å². The molecule has 0 aromatic heterocycles. The summed E-state index contributed by atoms with van der Waals surface area (Å²) in [5.74, 6) is -2.79. The minimum absolute atomic E-state index is 0.311. The maximum Gasteiger partial charge on any atom is 0.326 e. The van der Waals surface area contributed by atoms with E-state index >= 15 is 0 Å². The summed E-state index contributed by atoms with van der Waals surface area (Å²) in [6.45, 7) is 0.787. The number of rotatable bonds is 4. The number of likely N-dealkylation sites (tertiary alicyclic amines) is 2. The van der Waals surface area contributed by atoms with Gasteiger partial charge in [-0.05, 0) is 49.9 Å². The first-order chi connectivity index (χ1) is 12.4. The van der Waals surface area contributed by atoms with Crippen molar-refractivity contribution in [2.75, 3.05) is 13.1 Å². The predicted molar refractivity (Wildman–Crippen MR) is 89.8 cm³/mol. The molecule has 2 fully saturated rings. The van der Waals surface area contributed by atoms with Gasteiger partial charge in [0.2, 0.25) is 0 Å². The number of amides is 2. The van der Waals surface area contributed by atoms with Crippen molar-refractivity contribution in [2.45, 2.75) is 37.8 Å². The highest BCUT2D eigenvalue weighted by Crippen LogP contribution is 2.23. The number of benzene rings is 1. The highest BCUT2D eigenvalue weighted by molar-refractivity contribution is 6.00. The van der Waals surface area contributed by atoms with E-state index in [2.05, 4.69) is 0 Å². The summed E-state index contributed by atoms with van der Waals surface area (Å²) >= 11 is 0. The Bertz CT molecular complexity index is 682. The molecule has 2 heterocycles. The van der Waals surface area contributed by atoms with E-state index in [0.717, 1.165) is 0 Å². The standard InChI is InChI=1S/C18H20N2O6/c21-15(19-9-1-3-13(19)17(23)24)11-5-7-12(8-6-11)16(22)20-10-2-4-14(20)18(25)26/h5-8,13-14H,1-4,9-10H2,(H,23,24)(H,25,26). The second-order valence-corrected chi connectivity index (χ2v) is 6.57. The summed E-state index contributed by atoms with van der Waals surface area (Å²) in [4.78, 5) is 50.2. The van der Waals surface area contributed by atoms with Gasteiger partial charge in [0, 0.05) is 24.2 Å². The molecule has 2 aliphatic rings. The summed E-state index contributed by atoms with van der Waals surface area (Å²) in [5.41, 5.74) is 0.622. The smallest absolute Gasteiger partial charge is 0.326 e. The van der Waals surface area contributed by atoms with Gasteiger partial charge in [-0.25, -0.2) is 9.59 Å². The minimum Gasteiger partial charge on any atom is -0.480 e. The monoisotopic (exact) mass is 360 g/mol. The number of carboxylic acids is 2. The maximum absolute atomic E-state index is 12.5. The van der Waals surface area contributed by atoms with E-state index < -0.39 is 24.0 Å². The third-order valence-electron chi connectivity index (χ3n) is 4.98. The largest absolute Gasteiger partial charge is 0.480 e. The zero-order valence-electron chi connectivity index (χ0n) is 14.1. The van der Waals surface area contributed by atoms with Crippen LogP contribution in [0.3, 0.4) is 0 Å². The van der Waals surface area contributed by atoms with Gasteiger partial charge in [0.25, 0.3) is 11.8 Å². The van der Waals surface area contributed by atoms with Gasteiger partial charge in [-0.3, -0.25) is 9.59 Å². The average molecular weight is 360 g/mol. The van der Waals surface area contributed by atoms with Crippen molar-refractivity contribution >= 4 is 23.8 Å². The lowest BCUT2D eigenvalue weighted by Crippen LogP contribution is -2.41. The number of carboxylic acid groups (broad SMARTS) is 2. The van der Waals surface area contributed by atoms with Crippen LogP contribution in [0.25, 0.3) is 0 Å². The van der Waals surface area contributed by atoms with Crippen LogP contribution in [0.2, 0.25) is 0 Å². The van der Waals surface area contributed by atoms with Crippen LogP contribution in [0.15, 0.2) is 24.3 Å². The Morgan fingerprint density at radius 2 is 1.08 bits per heavy atom. The molecule has 0 radical (unpaired) electrons. The molecule has 2 unspecified atom stereocenters. The van der Waals surface area contributed by atoms with Crippen LogP contribution in [0.4, 0.5) is 0 Å². The third kappa shape index (κ3) is 3.26. The molecule has 2 atom stereocenters. The fourth-order valence-electron chi connectivity index (χ4n) is 3.62. The molecule has 0 bridgehead atoms. The number of hydrogen-bond acceptors (Lipinski definition) is 4. The predicted octanol–water partition coefficient (Wildman–Crippen LogP) is 1.06. The second-order valence-electron chi connectivity index (χ2n) is 6.57. The maximum atomic E-state index is 12.5. The Kier molecular flexibility index (Phi) is 4.92. The molecule has 0 saturated carbocycles. The molecule has 2 N–H and O–H groups in total. The van der Waals surface area contributed by atoms with Gasteiger partial charge in [-0.1, -0.05) is 0 Å². The van der Waals surface area contributed by atoms with Crippen LogP contribution < -0.4 is 0 Å². The van der Waals surface area contributed by atoms with Crippen molar-refractivity contribution in [3.8, 4) is 0 Å². The number of carbonyl (C=O) groups is 4. The van der Waals surface area contributed by atoms with Crippen molar-refractivity contribution in [1.29, 1.82) is 0 Å². The van der Waals surface area contributed by atoms with Crippen molar-refractivity contribution in [1.82, 2.24) is 9.80 Å². The Balaban J connectivity index is 1.74. The van der Waals surface area contributed by atoms with E-state index in [-0.39, 0.29) is 11.8 Å². The average Bonchev–Trinajstić information content (AvgIpc) is 3.29. The van der Waals surface area contributed by atoms with Gasteiger partial charge < -0.3 is 20.0 Å². The molecule has 0 aliphatic carbocycles. The Morgan fingerprint density at radius 3 is 1.38 bits per heavy atom. The van der Waals surface area contributed by atoms with Gasteiger partial charge in [0.1, 0.15) is 12.1 Å². The highest BCUT2D eigenvalue weighted by Gasteiger charge is 2.36. The molecule has 26 heavy (non-hydrogen) atoms. The molecule has 138 valence electrons. The first-order valence-electron chi connectivity index (χ1n) is 8.57. The molecule has 2 saturated heterocycles. The number of aliphatic carboxylic acids is 2. The normalized spacial score (nSPS) is 22.5. The molecule has 1 aromatic rings. The Hall–Kier alpha value is -2.90. The zero-order chi connectivity index (χ0) is 18.8. The molecule has 8 nitrogen and oxygen atoms in total. The molecule has 8 heteroatoms. The van der Waals surface area contributed by atoms with E-state index in [1.807, 2.05) is 0 Å². The van der Waals surface area contributed by atoms with Gasteiger partial charge in [0.05, 0.1) is 0 Å². The quantitative estimate of drug-likeness (QED) is 0.830. The third-order valence-corrected chi connectivity index (χ3v) is 4.98. The molecule has 2 aliphatic heterocycles. The second kappa shape index (κ2) is 7.15. The molecule has 0 spiro atoms. The lowest BCUT2D eigenvalue weighted by Gasteiger charge is -2.22. The highest BCUT2D eigenvalue weighted by atomic mass is 16.4. The van der Waals surface area contributed by atoms with E-state index in [0.29, 0.717) is 49.9 Å². The van der Waals surface area contributed by atoms with Gasteiger partial charge in [-0.2, -0.15) is 0 Å². The summed E-state index contributed by atoms with van der Waals surface area (Å²) in [6, 6.07) is 4.31. The van der Waals surface area contributed by atoms with Crippen LogP contribution >= 0.6 is 0 Å². The zero-order valence-corrected chi connectivity index (χ0v) is 14.1.